The molecule has 0 atom stereocenters. The lowest BCUT2D eigenvalue weighted by Crippen LogP contribution is -2.39. The molecule has 1 aromatic heterocycles. The van der Waals surface area contributed by atoms with E-state index in [1.807, 2.05) is 18.7 Å². The fraction of sp³-hybridized carbons (Fsp3) is 0.682. The fourth-order valence-corrected chi connectivity index (χ4v) is 3.95. The van der Waals surface area contributed by atoms with E-state index in [1.165, 1.54) is 6.42 Å². The molecule has 1 aromatic rings. The number of carbonyl (C=O) groups is 1. The Hall–Kier alpha value is -2.13. The van der Waals surface area contributed by atoms with E-state index in [9.17, 15) is 10.1 Å². The number of ether oxygens (including phenoxy) is 2. The molecule has 2 aliphatic heterocycles. The first-order valence-corrected chi connectivity index (χ1v) is 10.4. The Morgan fingerprint density at radius 1 is 1.29 bits per heavy atom. The normalized spacial score (nSPS) is 18.3. The number of pyridine rings is 1. The maximum atomic E-state index is 12.5. The predicted molar refractivity (Wildman–Crippen MR) is 106 cm³/mol. The zero-order valence-electron chi connectivity index (χ0n) is 17.3. The summed E-state index contributed by atoms with van der Waals surface area (Å²) >= 11 is 0. The molecule has 6 heteroatoms. The molecular weight excluding hydrogens is 354 g/mol. The summed E-state index contributed by atoms with van der Waals surface area (Å²) < 4.78 is 11.8. The topological polar surface area (TPSA) is 75.5 Å². The molecule has 3 heterocycles. The average Bonchev–Trinajstić information content (AvgIpc) is 2.69. The second-order valence-corrected chi connectivity index (χ2v) is 8.37. The van der Waals surface area contributed by atoms with Crippen molar-refractivity contribution in [2.24, 2.45) is 0 Å². The molecule has 1 amide bonds. The van der Waals surface area contributed by atoms with Gasteiger partial charge in [-0.3, -0.25) is 4.79 Å². The summed E-state index contributed by atoms with van der Waals surface area (Å²) in [6.45, 7) is 8.19. The first-order valence-electron chi connectivity index (χ1n) is 10.4. The van der Waals surface area contributed by atoms with Gasteiger partial charge in [-0.1, -0.05) is 13.3 Å². The number of likely N-dealkylation sites (tertiary alicyclic amines) is 1. The number of aryl methyl sites for hydroxylation is 1. The molecule has 0 spiro atoms. The third-order valence-corrected chi connectivity index (χ3v) is 5.59. The summed E-state index contributed by atoms with van der Waals surface area (Å²) in [5.41, 5.74) is 3.06. The van der Waals surface area contributed by atoms with Crippen molar-refractivity contribution < 1.29 is 14.3 Å². The van der Waals surface area contributed by atoms with Crippen molar-refractivity contribution in [1.29, 1.82) is 5.26 Å². The van der Waals surface area contributed by atoms with Gasteiger partial charge < -0.3 is 14.4 Å². The maximum absolute atomic E-state index is 12.5. The van der Waals surface area contributed by atoms with Gasteiger partial charge in [0.25, 0.3) is 5.91 Å². The van der Waals surface area contributed by atoms with Crippen LogP contribution in [0.1, 0.15) is 75.3 Å². The number of piperidine rings is 1. The smallest absolute Gasteiger partial charge is 0.260 e. The third kappa shape index (κ3) is 4.64. The van der Waals surface area contributed by atoms with E-state index in [2.05, 4.69) is 18.0 Å². The van der Waals surface area contributed by atoms with Crippen LogP contribution in [0.3, 0.4) is 0 Å². The van der Waals surface area contributed by atoms with Gasteiger partial charge in [0.2, 0.25) is 5.88 Å². The van der Waals surface area contributed by atoms with Crippen LogP contribution in [0.25, 0.3) is 0 Å². The van der Waals surface area contributed by atoms with Crippen LogP contribution in [0, 0.1) is 11.3 Å². The number of aromatic nitrogens is 1. The van der Waals surface area contributed by atoms with Crippen molar-refractivity contribution in [3.63, 3.8) is 0 Å². The Kier molecular flexibility index (Phi) is 6.56. The van der Waals surface area contributed by atoms with Crippen LogP contribution in [0.5, 0.6) is 5.88 Å². The molecule has 0 unspecified atom stereocenters. The summed E-state index contributed by atoms with van der Waals surface area (Å²) in [6, 6.07) is 2.28. The van der Waals surface area contributed by atoms with Crippen LogP contribution in [0.15, 0.2) is 0 Å². The Bertz CT molecular complexity index is 761. The Labute approximate surface area is 167 Å². The monoisotopic (exact) mass is 385 g/mol. The Morgan fingerprint density at radius 3 is 2.71 bits per heavy atom. The first-order chi connectivity index (χ1) is 13.4. The highest BCUT2D eigenvalue weighted by molar-refractivity contribution is 5.77. The van der Waals surface area contributed by atoms with Crippen molar-refractivity contribution in [1.82, 2.24) is 9.88 Å². The number of rotatable bonds is 6. The molecule has 0 aliphatic carbocycles. The van der Waals surface area contributed by atoms with Gasteiger partial charge in [-0.05, 0) is 51.5 Å². The zero-order valence-corrected chi connectivity index (χ0v) is 17.3. The minimum absolute atomic E-state index is 0.0260. The number of amides is 1. The van der Waals surface area contributed by atoms with Crippen molar-refractivity contribution in [2.75, 3.05) is 19.7 Å². The lowest BCUT2D eigenvalue weighted by atomic mass is 9.87. The number of nitrogens with zero attached hydrogens (tertiary/aromatic N) is 3. The van der Waals surface area contributed by atoms with E-state index in [0.29, 0.717) is 24.5 Å². The summed E-state index contributed by atoms with van der Waals surface area (Å²) in [5.74, 6) is 0.275. The number of nitriles is 1. The first kappa shape index (κ1) is 20.6. The van der Waals surface area contributed by atoms with Gasteiger partial charge >= 0.3 is 0 Å². The maximum Gasteiger partial charge on any atom is 0.260 e. The third-order valence-electron chi connectivity index (χ3n) is 5.59. The molecule has 0 saturated carbocycles. The van der Waals surface area contributed by atoms with Gasteiger partial charge in [-0.25, -0.2) is 4.98 Å². The van der Waals surface area contributed by atoms with Gasteiger partial charge in [-0.2, -0.15) is 5.26 Å². The second-order valence-electron chi connectivity index (χ2n) is 8.37. The molecule has 0 bridgehead atoms. The van der Waals surface area contributed by atoms with Gasteiger partial charge in [-0.15, -0.1) is 0 Å². The molecule has 1 saturated heterocycles. The van der Waals surface area contributed by atoms with Crippen LogP contribution in [0.4, 0.5) is 0 Å². The van der Waals surface area contributed by atoms with Crippen LogP contribution >= 0.6 is 0 Å². The highest BCUT2D eigenvalue weighted by atomic mass is 16.5. The molecular formula is C22H31N3O3. The fourth-order valence-electron chi connectivity index (χ4n) is 3.95. The molecule has 1 fully saturated rings. The van der Waals surface area contributed by atoms with Gasteiger partial charge in [0.05, 0.1) is 17.9 Å². The van der Waals surface area contributed by atoms with Crippen LogP contribution in [-0.2, 0) is 29.0 Å². The lowest BCUT2D eigenvalue weighted by molar-refractivity contribution is -0.134. The molecule has 28 heavy (non-hydrogen) atoms. The van der Waals surface area contributed by atoms with Crippen molar-refractivity contribution in [2.45, 2.75) is 77.9 Å². The second kappa shape index (κ2) is 8.91. The van der Waals surface area contributed by atoms with E-state index >= 15 is 0 Å². The number of carbonyl (C=O) groups excluding carboxylic acids is 1. The van der Waals surface area contributed by atoms with Crippen LogP contribution < -0.4 is 4.74 Å². The number of unbranched alkanes of at least 4 members (excludes halogenated alkanes) is 1. The highest BCUT2D eigenvalue weighted by Crippen LogP contribution is 2.35. The van der Waals surface area contributed by atoms with Crippen molar-refractivity contribution in [3.8, 4) is 11.9 Å². The van der Waals surface area contributed by atoms with Gasteiger partial charge in [0.1, 0.15) is 11.6 Å². The van der Waals surface area contributed by atoms with E-state index in [0.717, 1.165) is 62.0 Å². The molecule has 2 aliphatic rings. The van der Waals surface area contributed by atoms with Crippen LogP contribution in [0.2, 0.25) is 0 Å². The minimum atomic E-state index is -0.330. The molecule has 0 N–H and O–H groups in total. The number of hydrogen-bond acceptors (Lipinski definition) is 5. The van der Waals surface area contributed by atoms with Crippen LogP contribution in [-0.4, -0.2) is 41.1 Å². The van der Waals surface area contributed by atoms with E-state index in [4.69, 9.17) is 9.47 Å². The Balaban J connectivity index is 1.87. The van der Waals surface area contributed by atoms with E-state index in [-0.39, 0.29) is 18.1 Å². The van der Waals surface area contributed by atoms with Crippen molar-refractivity contribution >= 4 is 5.91 Å². The lowest BCUT2D eigenvalue weighted by Gasteiger charge is -2.33. The van der Waals surface area contributed by atoms with Crippen molar-refractivity contribution in [3.05, 3.63) is 22.4 Å². The molecule has 3 rings (SSSR count). The predicted octanol–water partition coefficient (Wildman–Crippen LogP) is 3.54. The van der Waals surface area contributed by atoms with Gasteiger partial charge in [0.15, 0.2) is 6.61 Å². The van der Waals surface area contributed by atoms with E-state index < -0.39 is 0 Å². The molecule has 152 valence electrons. The largest absolute Gasteiger partial charge is 0.467 e. The highest BCUT2D eigenvalue weighted by Gasteiger charge is 2.32. The summed E-state index contributed by atoms with van der Waals surface area (Å²) in [7, 11) is 0. The Morgan fingerprint density at radius 2 is 2.04 bits per heavy atom. The molecule has 6 nitrogen and oxygen atoms in total. The minimum Gasteiger partial charge on any atom is -0.467 e. The SMILES string of the molecule is CCCCc1nc(OCC(=O)N2CCCCC2)c(C#N)c2c1COC(C)(C)C2. The zero-order chi connectivity index (χ0) is 20.1. The molecule has 0 aromatic carbocycles. The van der Waals surface area contributed by atoms with Gasteiger partial charge in [0, 0.05) is 25.1 Å². The summed E-state index contributed by atoms with van der Waals surface area (Å²) in [6.07, 6.45) is 6.81. The molecule has 0 radical (unpaired) electrons. The quantitative estimate of drug-likeness (QED) is 0.749. The number of fused-ring (bicyclic) bond motifs is 1. The summed E-state index contributed by atoms with van der Waals surface area (Å²) in [5, 5.41) is 9.82. The number of hydrogen-bond donors (Lipinski definition) is 0. The average molecular weight is 386 g/mol. The van der Waals surface area contributed by atoms with E-state index in [1.54, 1.807) is 0 Å². The standard InChI is InChI=1S/C22H31N3O3/c1-4-5-9-19-18-14-28-22(2,3)12-16(18)17(13-23)21(24-19)27-15-20(26)25-10-7-6-8-11-25/h4-12,14-15H2,1-3H3. The summed E-state index contributed by atoms with van der Waals surface area (Å²) in [4.78, 5) is 19.0.